The lowest BCUT2D eigenvalue weighted by molar-refractivity contribution is -0.384. The average Bonchev–Trinajstić information content (AvgIpc) is 3.01. The number of hydrogen-bond acceptors (Lipinski definition) is 4. The maximum Gasteiger partial charge on any atom is 0.273 e. The topological polar surface area (TPSA) is 64.4 Å². The standard InChI is InChI=1S/C14H18N2O3/c1-19-14-8-11(16(17)18)4-5-12(14)15-13-7-9-2-3-10(13)6-9/h4-5,8-10,13,15H,2-3,6-7H2,1H3. The van der Waals surface area contributed by atoms with E-state index in [0.29, 0.717) is 11.8 Å². The summed E-state index contributed by atoms with van der Waals surface area (Å²) < 4.78 is 5.26. The third-order valence-electron chi connectivity index (χ3n) is 4.47. The van der Waals surface area contributed by atoms with Gasteiger partial charge in [-0.15, -0.1) is 0 Å². The number of nitro benzene ring substituents is 1. The summed E-state index contributed by atoms with van der Waals surface area (Å²) in [5.74, 6) is 2.17. The highest BCUT2D eigenvalue weighted by Gasteiger charge is 2.39. The fourth-order valence-electron chi connectivity index (χ4n) is 3.53. The van der Waals surface area contributed by atoms with Crippen LogP contribution in [0.15, 0.2) is 18.2 Å². The van der Waals surface area contributed by atoms with Crippen molar-refractivity contribution in [2.75, 3.05) is 12.4 Å². The van der Waals surface area contributed by atoms with Crippen molar-refractivity contribution in [1.82, 2.24) is 0 Å². The molecule has 102 valence electrons. The van der Waals surface area contributed by atoms with Crippen LogP contribution in [-0.4, -0.2) is 18.1 Å². The molecule has 1 aromatic carbocycles. The summed E-state index contributed by atoms with van der Waals surface area (Å²) in [5.41, 5.74) is 0.931. The van der Waals surface area contributed by atoms with Crippen LogP contribution in [0.5, 0.6) is 5.75 Å². The van der Waals surface area contributed by atoms with Crippen LogP contribution in [0.2, 0.25) is 0 Å². The SMILES string of the molecule is COc1cc([N+](=O)[O-])ccc1NC1CC2CCC1C2. The van der Waals surface area contributed by atoms with Gasteiger partial charge >= 0.3 is 0 Å². The van der Waals surface area contributed by atoms with Crippen LogP contribution >= 0.6 is 0 Å². The fourth-order valence-corrected chi connectivity index (χ4v) is 3.53. The van der Waals surface area contributed by atoms with Crippen molar-refractivity contribution in [2.45, 2.75) is 31.7 Å². The zero-order valence-electron chi connectivity index (χ0n) is 11.0. The molecule has 1 aromatic rings. The molecule has 0 amide bonds. The summed E-state index contributed by atoms with van der Waals surface area (Å²) in [4.78, 5) is 10.4. The van der Waals surface area contributed by atoms with Crippen LogP contribution in [0.25, 0.3) is 0 Å². The van der Waals surface area contributed by atoms with Crippen LogP contribution in [-0.2, 0) is 0 Å². The maximum atomic E-state index is 10.8. The van der Waals surface area contributed by atoms with Crippen LogP contribution in [0.1, 0.15) is 25.7 Å². The Morgan fingerprint density at radius 2 is 2.21 bits per heavy atom. The number of hydrogen-bond donors (Lipinski definition) is 1. The Hall–Kier alpha value is -1.78. The summed E-state index contributed by atoms with van der Waals surface area (Å²) in [6.45, 7) is 0. The van der Waals surface area contributed by atoms with E-state index >= 15 is 0 Å². The molecule has 2 aliphatic carbocycles. The zero-order valence-corrected chi connectivity index (χ0v) is 11.0. The lowest BCUT2D eigenvalue weighted by atomic mass is 9.95. The van der Waals surface area contributed by atoms with Crippen LogP contribution in [0.3, 0.4) is 0 Å². The van der Waals surface area contributed by atoms with Gasteiger partial charge in [0.2, 0.25) is 0 Å². The minimum Gasteiger partial charge on any atom is -0.494 e. The van der Waals surface area contributed by atoms with Gasteiger partial charge in [-0.05, 0) is 37.2 Å². The van der Waals surface area contributed by atoms with Crippen LogP contribution < -0.4 is 10.1 Å². The summed E-state index contributed by atoms with van der Waals surface area (Å²) in [6.07, 6.45) is 5.20. The smallest absolute Gasteiger partial charge is 0.273 e. The number of benzene rings is 1. The molecule has 3 atom stereocenters. The molecule has 19 heavy (non-hydrogen) atoms. The third-order valence-corrected chi connectivity index (χ3v) is 4.47. The molecule has 2 saturated carbocycles. The predicted molar refractivity (Wildman–Crippen MR) is 72.5 cm³/mol. The molecule has 2 fully saturated rings. The summed E-state index contributed by atoms with van der Waals surface area (Å²) >= 11 is 0. The number of anilines is 1. The zero-order chi connectivity index (χ0) is 13.4. The molecule has 0 spiro atoms. The van der Waals surface area contributed by atoms with Crippen molar-refractivity contribution < 1.29 is 9.66 Å². The van der Waals surface area contributed by atoms with E-state index in [1.807, 2.05) is 0 Å². The van der Waals surface area contributed by atoms with Gasteiger partial charge in [-0.1, -0.05) is 6.42 Å². The average molecular weight is 262 g/mol. The second-order valence-corrected chi connectivity index (χ2v) is 5.57. The summed E-state index contributed by atoms with van der Waals surface area (Å²) in [5, 5.41) is 14.3. The number of nitrogens with zero attached hydrogens (tertiary/aromatic N) is 1. The molecule has 2 bridgehead atoms. The van der Waals surface area contributed by atoms with E-state index in [2.05, 4.69) is 5.32 Å². The normalized spacial score (nSPS) is 28.4. The second kappa shape index (κ2) is 4.72. The van der Waals surface area contributed by atoms with Crippen molar-refractivity contribution in [1.29, 1.82) is 0 Å². The van der Waals surface area contributed by atoms with E-state index in [0.717, 1.165) is 17.5 Å². The Labute approximate surface area is 112 Å². The minimum atomic E-state index is -0.399. The molecule has 2 aliphatic rings. The van der Waals surface area contributed by atoms with Gasteiger partial charge in [0.1, 0.15) is 5.75 Å². The molecule has 5 nitrogen and oxygen atoms in total. The highest BCUT2D eigenvalue weighted by molar-refractivity contribution is 5.61. The molecule has 1 N–H and O–H groups in total. The van der Waals surface area contributed by atoms with E-state index in [1.54, 1.807) is 13.2 Å². The minimum absolute atomic E-state index is 0.0651. The second-order valence-electron chi connectivity index (χ2n) is 5.57. The van der Waals surface area contributed by atoms with Gasteiger partial charge < -0.3 is 10.1 Å². The van der Waals surface area contributed by atoms with Gasteiger partial charge in [0.15, 0.2) is 0 Å². The van der Waals surface area contributed by atoms with E-state index in [9.17, 15) is 10.1 Å². The quantitative estimate of drug-likeness (QED) is 0.668. The number of rotatable bonds is 4. The summed E-state index contributed by atoms with van der Waals surface area (Å²) in [6, 6.07) is 5.26. The molecule has 5 heteroatoms. The van der Waals surface area contributed by atoms with Crippen LogP contribution in [0, 0.1) is 22.0 Å². The number of fused-ring (bicyclic) bond motifs is 2. The first-order chi connectivity index (χ1) is 9.17. The van der Waals surface area contributed by atoms with E-state index in [4.69, 9.17) is 4.74 Å². The predicted octanol–water partition coefficient (Wildman–Crippen LogP) is 3.20. The number of ether oxygens (including phenoxy) is 1. The van der Waals surface area contributed by atoms with Gasteiger partial charge in [-0.25, -0.2) is 0 Å². The van der Waals surface area contributed by atoms with Gasteiger partial charge in [0, 0.05) is 12.1 Å². The third kappa shape index (κ3) is 2.25. The monoisotopic (exact) mass is 262 g/mol. The van der Waals surface area contributed by atoms with Gasteiger partial charge in [-0.2, -0.15) is 0 Å². The van der Waals surface area contributed by atoms with Crippen molar-refractivity contribution in [2.24, 2.45) is 11.8 Å². The molecule has 3 unspecified atom stereocenters. The first-order valence-corrected chi connectivity index (χ1v) is 6.76. The fraction of sp³-hybridized carbons (Fsp3) is 0.571. The number of non-ortho nitro benzene ring substituents is 1. The Morgan fingerprint density at radius 3 is 2.79 bits per heavy atom. The largest absolute Gasteiger partial charge is 0.494 e. The van der Waals surface area contributed by atoms with Gasteiger partial charge in [-0.3, -0.25) is 10.1 Å². The van der Waals surface area contributed by atoms with Crippen molar-refractivity contribution >= 4 is 11.4 Å². The molecule has 0 heterocycles. The van der Waals surface area contributed by atoms with Crippen LogP contribution in [0.4, 0.5) is 11.4 Å². The first kappa shape index (κ1) is 12.3. The number of methoxy groups -OCH3 is 1. The van der Waals surface area contributed by atoms with E-state index < -0.39 is 4.92 Å². The Morgan fingerprint density at radius 1 is 1.37 bits per heavy atom. The molecule has 0 saturated heterocycles. The van der Waals surface area contributed by atoms with Gasteiger partial charge in [0.05, 0.1) is 23.8 Å². The molecule has 0 radical (unpaired) electrons. The highest BCUT2D eigenvalue weighted by atomic mass is 16.6. The molecule has 0 aliphatic heterocycles. The van der Waals surface area contributed by atoms with Crippen molar-refractivity contribution in [3.8, 4) is 5.75 Å². The lowest BCUT2D eigenvalue weighted by Gasteiger charge is -2.24. The molecular formula is C14H18N2O3. The lowest BCUT2D eigenvalue weighted by Crippen LogP contribution is -2.26. The van der Waals surface area contributed by atoms with Crippen molar-refractivity contribution in [3.05, 3.63) is 28.3 Å². The summed E-state index contributed by atoms with van der Waals surface area (Å²) in [7, 11) is 1.55. The Balaban J connectivity index is 1.78. The Kier molecular flexibility index (Phi) is 3.05. The van der Waals surface area contributed by atoms with Gasteiger partial charge in [0.25, 0.3) is 5.69 Å². The molecule has 3 rings (SSSR count). The molecule has 0 aromatic heterocycles. The van der Waals surface area contributed by atoms with E-state index in [-0.39, 0.29) is 5.69 Å². The number of nitrogens with one attached hydrogen (secondary N) is 1. The highest BCUT2D eigenvalue weighted by Crippen LogP contribution is 2.46. The number of nitro groups is 1. The first-order valence-electron chi connectivity index (χ1n) is 6.76. The molecular weight excluding hydrogens is 244 g/mol. The van der Waals surface area contributed by atoms with Crippen molar-refractivity contribution in [3.63, 3.8) is 0 Å². The van der Waals surface area contributed by atoms with E-state index in [1.165, 1.54) is 37.8 Å². The maximum absolute atomic E-state index is 10.8. The Bertz CT molecular complexity index is 503.